The number of nitrogens with two attached hydrogens (primary N) is 1. The quantitative estimate of drug-likeness (QED) is 0.771. The fourth-order valence-corrected chi connectivity index (χ4v) is 1.47. The van der Waals surface area contributed by atoms with Crippen molar-refractivity contribution in [2.24, 2.45) is 5.73 Å². The highest BCUT2D eigenvalue weighted by Crippen LogP contribution is 2.18. The SMILES string of the molecule is CC[C@@H](O)[C@@H](N)c1ccc(NC(C)=O)cc1.Cl. The molecule has 17 heavy (non-hydrogen) atoms. The molecule has 96 valence electrons. The predicted octanol–water partition coefficient (Wildman–Crippen LogP) is 1.84. The highest BCUT2D eigenvalue weighted by atomic mass is 35.5. The standard InChI is InChI=1S/C12H18N2O2.ClH/c1-3-11(16)12(13)9-4-6-10(7-5-9)14-8(2)15;/h4-7,11-12,16H,3,13H2,1-2H3,(H,14,15);1H/t11-,12+;/m1./s1. The van der Waals surface area contributed by atoms with Crippen molar-refractivity contribution < 1.29 is 9.90 Å². The van der Waals surface area contributed by atoms with Gasteiger partial charge < -0.3 is 16.2 Å². The summed E-state index contributed by atoms with van der Waals surface area (Å²) in [6.45, 7) is 3.34. The molecular weight excluding hydrogens is 240 g/mol. The van der Waals surface area contributed by atoms with Crippen LogP contribution >= 0.6 is 12.4 Å². The number of rotatable bonds is 4. The number of benzene rings is 1. The van der Waals surface area contributed by atoms with E-state index in [9.17, 15) is 9.90 Å². The van der Waals surface area contributed by atoms with Crippen LogP contribution in [0.4, 0.5) is 5.69 Å². The Hall–Kier alpha value is -1.10. The van der Waals surface area contributed by atoms with Crippen LogP contribution < -0.4 is 11.1 Å². The Labute approximate surface area is 108 Å². The average Bonchev–Trinajstić information content (AvgIpc) is 2.27. The average molecular weight is 259 g/mol. The van der Waals surface area contributed by atoms with E-state index >= 15 is 0 Å². The van der Waals surface area contributed by atoms with Gasteiger partial charge in [-0.1, -0.05) is 19.1 Å². The molecule has 0 unspecified atom stereocenters. The van der Waals surface area contributed by atoms with Gasteiger partial charge in [0.1, 0.15) is 0 Å². The zero-order valence-electron chi connectivity index (χ0n) is 10.0. The van der Waals surface area contributed by atoms with Gasteiger partial charge in [0, 0.05) is 12.6 Å². The Bertz CT molecular complexity index is 354. The van der Waals surface area contributed by atoms with E-state index in [2.05, 4.69) is 5.32 Å². The van der Waals surface area contributed by atoms with E-state index in [0.717, 1.165) is 11.3 Å². The number of hydrogen-bond acceptors (Lipinski definition) is 3. The fourth-order valence-electron chi connectivity index (χ4n) is 1.47. The maximum atomic E-state index is 10.8. The predicted molar refractivity (Wildman–Crippen MR) is 71.2 cm³/mol. The zero-order chi connectivity index (χ0) is 12.1. The summed E-state index contributed by atoms with van der Waals surface area (Å²) in [7, 11) is 0. The van der Waals surface area contributed by atoms with E-state index in [4.69, 9.17) is 5.73 Å². The number of carbonyl (C=O) groups excluding carboxylic acids is 1. The molecule has 0 aliphatic rings. The number of halogens is 1. The molecule has 0 spiro atoms. The molecule has 0 saturated heterocycles. The molecule has 0 radical (unpaired) electrons. The largest absolute Gasteiger partial charge is 0.391 e. The van der Waals surface area contributed by atoms with E-state index in [1.807, 2.05) is 19.1 Å². The molecule has 4 N–H and O–H groups in total. The van der Waals surface area contributed by atoms with Crippen LogP contribution in [0, 0.1) is 0 Å². The van der Waals surface area contributed by atoms with Crippen molar-refractivity contribution in [3.63, 3.8) is 0 Å². The smallest absolute Gasteiger partial charge is 0.221 e. The minimum Gasteiger partial charge on any atom is -0.391 e. The molecule has 0 aromatic heterocycles. The summed E-state index contributed by atoms with van der Waals surface area (Å²) < 4.78 is 0. The van der Waals surface area contributed by atoms with Crippen LogP contribution in [0.1, 0.15) is 31.9 Å². The summed E-state index contributed by atoms with van der Waals surface area (Å²) in [5.41, 5.74) is 7.46. The fraction of sp³-hybridized carbons (Fsp3) is 0.417. The first-order valence-corrected chi connectivity index (χ1v) is 5.35. The lowest BCUT2D eigenvalue weighted by molar-refractivity contribution is -0.114. The van der Waals surface area contributed by atoms with Crippen LogP contribution in [-0.2, 0) is 4.79 Å². The molecule has 1 aromatic carbocycles. The molecule has 0 bridgehead atoms. The highest BCUT2D eigenvalue weighted by molar-refractivity contribution is 5.88. The molecular formula is C12H19ClN2O2. The second-order valence-corrected chi connectivity index (χ2v) is 3.80. The molecule has 1 aromatic rings. The van der Waals surface area contributed by atoms with Gasteiger partial charge >= 0.3 is 0 Å². The summed E-state index contributed by atoms with van der Waals surface area (Å²) in [6, 6.07) is 6.80. The first-order chi connectivity index (χ1) is 7.54. The second kappa shape index (κ2) is 7.27. The lowest BCUT2D eigenvalue weighted by Gasteiger charge is -2.17. The van der Waals surface area contributed by atoms with E-state index in [0.29, 0.717) is 6.42 Å². The van der Waals surface area contributed by atoms with Crippen molar-refractivity contribution in [1.29, 1.82) is 0 Å². The van der Waals surface area contributed by atoms with E-state index < -0.39 is 6.10 Å². The van der Waals surface area contributed by atoms with Gasteiger partial charge in [0.05, 0.1) is 12.1 Å². The van der Waals surface area contributed by atoms with Crippen molar-refractivity contribution in [3.05, 3.63) is 29.8 Å². The Morgan fingerprint density at radius 1 is 1.41 bits per heavy atom. The second-order valence-electron chi connectivity index (χ2n) is 3.80. The van der Waals surface area contributed by atoms with Crippen molar-refractivity contribution in [2.75, 3.05) is 5.32 Å². The molecule has 2 atom stereocenters. The van der Waals surface area contributed by atoms with Crippen molar-refractivity contribution in [1.82, 2.24) is 0 Å². The maximum absolute atomic E-state index is 10.8. The Morgan fingerprint density at radius 3 is 2.35 bits per heavy atom. The minimum absolute atomic E-state index is 0. The Balaban J connectivity index is 0.00000256. The maximum Gasteiger partial charge on any atom is 0.221 e. The van der Waals surface area contributed by atoms with Crippen LogP contribution in [-0.4, -0.2) is 17.1 Å². The monoisotopic (exact) mass is 258 g/mol. The molecule has 4 nitrogen and oxygen atoms in total. The molecule has 0 heterocycles. The number of carbonyl (C=O) groups is 1. The molecule has 0 aliphatic carbocycles. The lowest BCUT2D eigenvalue weighted by Crippen LogP contribution is -2.25. The van der Waals surface area contributed by atoms with Gasteiger partial charge in [0.2, 0.25) is 5.91 Å². The molecule has 0 aliphatic heterocycles. The Kier molecular flexibility index (Phi) is 6.80. The van der Waals surface area contributed by atoms with Gasteiger partial charge in [0.25, 0.3) is 0 Å². The topological polar surface area (TPSA) is 75.3 Å². The van der Waals surface area contributed by atoms with E-state index in [1.54, 1.807) is 12.1 Å². The third kappa shape index (κ3) is 4.73. The van der Waals surface area contributed by atoms with Gasteiger partial charge in [-0.15, -0.1) is 12.4 Å². The number of aliphatic hydroxyl groups excluding tert-OH is 1. The van der Waals surface area contributed by atoms with Crippen LogP contribution in [0.3, 0.4) is 0 Å². The third-order valence-electron chi connectivity index (χ3n) is 2.45. The number of amides is 1. The Morgan fingerprint density at radius 2 is 1.94 bits per heavy atom. The summed E-state index contributed by atoms with van der Waals surface area (Å²) in [5.74, 6) is -0.106. The third-order valence-corrected chi connectivity index (χ3v) is 2.45. The number of anilines is 1. The first-order valence-electron chi connectivity index (χ1n) is 5.35. The summed E-state index contributed by atoms with van der Waals surface area (Å²) >= 11 is 0. The molecule has 0 fully saturated rings. The molecule has 5 heteroatoms. The van der Waals surface area contributed by atoms with Gasteiger partial charge in [-0.05, 0) is 24.1 Å². The van der Waals surface area contributed by atoms with Gasteiger partial charge in [-0.2, -0.15) is 0 Å². The highest BCUT2D eigenvalue weighted by Gasteiger charge is 2.14. The van der Waals surface area contributed by atoms with Crippen LogP contribution in [0.25, 0.3) is 0 Å². The molecule has 1 amide bonds. The van der Waals surface area contributed by atoms with E-state index in [1.165, 1.54) is 6.92 Å². The minimum atomic E-state index is -0.536. The lowest BCUT2D eigenvalue weighted by atomic mass is 10.0. The van der Waals surface area contributed by atoms with E-state index in [-0.39, 0.29) is 24.4 Å². The molecule has 1 rings (SSSR count). The molecule has 0 saturated carbocycles. The number of hydrogen-bond donors (Lipinski definition) is 3. The summed E-state index contributed by atoms with van der Waals surface area (Å²) in [4.78, 5) is 10.8. The van der Waals surface area contributed by atoms with Gasteiger partial charge in [-0.3, -0.25) is 4.79 Å². The zero-order valence-corrected chi connectivity index (χ0v) is 10.8. The van der Waals surface area contributed by atoms with Crippen molar-refractivity contribution >= 4 is 24.0 Å². The number of nitrogens with one attached hydrogen (secondary N) is 1. The van der Waals surface area contributed by atoms with Gasteiger partial charge in [0.15, 0.2) is 0 Å². The summed E-state index contributed by atoms with van der Waals surface area (Å²) in [6.07, 6.45) is 0.0841. The van der Waals surface area contributed by atoms with Crippen molar-refractivity contribution in [2.45, 2.75) is 32.4 Å². The first kappa shape index (κ1) is 15.9. The number of aliphatic hydroxyl groups is 1. The van der Waals surface area contributed by atoms with Crippen LogP contribution in [0.15, 0.2) is 24.3 Å². The van der Waals surface area contributed by atoms with Crippen LogP contribution in [0.2, 0.25) is 0 Å². The van der Waals surface area contributed by atoms with Gasteiger partial charge in [-0.25, -0.2) is 0 Å². The normalized spacial score (nSPS) is 13.4. The summed E-state index contributed by atoms with van der Waals surface area (Å²) in [5, 5.41) is 12.3. The van der Waals surface area contributed by atoms with Crippen molar-refractivity contribution in [3.8, 4) is 0 Å². The van der Waals surface area contributed by atoms with Crippen LogP contribution in [0.5, 0.6) is 0 Å².